The van der Waals surface area contributed by atoms with Crippen LogP contribution in [-0.4, -0.2) is 225 Å². The fourth-order valence-corrected chi connectivity index (χ4v) is 38.1. The summed E-state index contributed by atoms with van der Waals surface area (Å²) in [6, 6.07) is 0. The van der Waals surface area contributed by atoms with Crippen LogP contribution in [0.3, 0.4) is 0 Å². The van der Waals surface area contributed by atoms with E-state index < -0.39 is 36.4 Å². The monoisotopic (exact) mass is 797 g/mol. The molecule has 0 radical (unpaired) electrons. The number of rotatable bonds is 17. The molecule has 0 aromatic carbocycles. The van der Waals surface area contributed by atoms with Crippen molar-refractivity contribution >= 4 is 47.8 Å². The molecule has 0 spiro atoms. The zero-order chi connectivity index (χ0) is 38.6. The molecular formula is C25H72N17P5S. The van der Waals surface area contributed by atoms with Gasteiger partial charge in [-0.05, 0) is 0 Å². The van der Waals surface area contributed by atoms with Crippen LogP contribution in [0.1, 0.15) is 0 Å². The standard InChI is InChI=1S/C25H72N17P5S/c1-31(2)43(32(3)4,33(5)6)27-47(48-25-26,28-44(34(7)8,35(9)10)36(11)12,29-45(37(13)14,38(15)16)39(17)18)30-46(40(19)20,41(21)22)42(23)24/h1-24H3. The first kappa shape index (κ1) is 48.7. The van der Waals surface area contributed by atoms with E-state index in [0.717, 1.165) is 11.4 Å². The van der Waals surface area contributed by atoms with Gasteiger partial charge < -0.3 is 0 Å². The van der Waals surface area contributed by atoms with E-state index in [1.165, 1.54) is 0 Å². The van der Waals surface area contributed by atoms with Gasteiger partial charge >= 0.3 is 302 Å². The zero-order valence-electron chi connectivity index (χ0n) is 34.7. The van der Waals surface area contributed by atoms with Crippen LogP contribution in [0, 0.1) is 10.7 Å². The number of hydrogen-bond acceptors (Lipinski definition) is 6. The molecular weight excluding hydrogens is 725 g/mol. The van der Waals surface area contributed by atoms with Crippen LogP contribution in [0.2, 0.25) is 0 Å². The maximum atomic E-state index is 11.2. The van der Waals surface area contributed by atoms with Crippen LogP contribution in [0.15, 0.2) is 18.1 Å². The molecule has 23 heteroatoms. The van der Waals surface area contributed by atoms with Gasteiger partial charge in [0.15, 0.2) is 0 Å². The first-order valence-electron chi connectivity index (χ1n) is 15.3. The summed E-state index contributed by atoms with van der Waals surface area (Å²) in [7, 11) is 37.7. The number of nitriles is 1. The molecule has 0 rings (SSSR count). The molecule has 0 atom stereocenters. The zero-order valence-corrected chi connectivity index (χ0v) is 40.0. The quantitative estimate of drug-likeness (QED) is 0.130. The second-order valence-electron chi connectivity index (χ2n) is 13.7. The molecule has 0 amide bonds. The van der Waals surface area contributed by atoms with Crippen LogP contribution in [0.4, 0.5) is 0 Å². The molecule has 0 aromatic heterocycles. The Morgan fingerprint density at radius 2 is 0.458 bits per heavy atom. The van der Waals surface area contributed by atoms with Crippen molar-refractivity contribution in [2.75, 3.05) is 169 Å². The van der Waals surface area contributed by atoms with E-state index in [9.17, 15) is 5.26 Å². The van der Waals surface area contributed by atoms with Gasteiger partial charge in [0.1, 0.15) is 0 Å². The molecule has 48 heavy (non-hydrogen) atoms. The van der Waals surface area contributed by atoms with E-state index >= 15 is 0 Å². The van der Waals surface area contributed by atoms with Gasteiger partial charge in [0, 0.05) is 0 Å². The summed E-state index contributed by atoms with van der Waals surface area (Å²) in [6.07, 6.45) is -4.94. The topological polar surface area (TPSA) is 112 Å². The van der Waals surface area contributed by atoms with E-state index in [0.29, 0.717) is 0 Å². The summed E-state index contributed by atoms with van der Waals surface area (Å²) in [6.45, 7) is 0. The molecule has 0 saturated carbocycles. The SMILES string of the molecule is CN(C)P(=NP(N=P(N(C)C)(N(C)C)N(C)C)(N=P(N(C)C)(N(C)C)N(C)C)(N=P(N(C)C)(N(C)C)N(C)C)SC#N)(N(C)C)N(C)C. The van der Waals surface area contributed by atoms with Crippen molar-refractivity contribution < 1.29 is 0 Å². The number of hydrogen-bond donors (Lipinski definition) is 0. The van der Waals surface area contributed by atoms with Crippen LogP contribution in [0.5, 0.6) is 0 Å². The van der Waals surface area contributed by atoms with E-state index in [2.05, 4.69) is 61.4 Å². The molecule has 0 aliphatic rings. The van der Waals surface area contributed by atoms with Crippen molar-refractivity contribution in [3.63, 3.8) is 0 Å². The van der Waals surface area contributed by atoms with Gasteiger partial charge in [-0.1, -0.05) is 0 Å². The van der Waals surface area contributed by atoms with Crippen LogP contribution >= 0.6 is 47.8 Å². The van der Waals surface area contributed by atoms with Crippen molar-refractivity contribution in [3.05, 3.63) is 0 Å². The minimum atomic E-state index is -4.94. The Balaban J connectivity index is 11.1. The van der Waals surface area contributed by atoms with Gasteiger partial charge in [-0.2, -0.15) is 0 Å². The minimum absolute atomic E-state index is 1.05. The predicted octanol–water partition coefficient (Wildman–Crippen LogP) is 5.85. The van der Waals surface area contributed by atoms with Crippen LogP contribution in [0.25, 0.3) is 0 Å². The third-order valence-electron chi connectivity index (χ3n) is 7.75. The Morgan fingerprint density at radius 3 is 0.542 bits per heavy atom. The number of nitrogens with zero attached hydrogens (tertiary/aromatic N) is 17. The molecule has 0 saturated heterocycles. The summed E-state index contributed by atoms with van der Waals surface area (Å²) in [5.74, 6) is 0. The van der Waals surface area contributed by atoms with Gasteiger partial charge in [-0.15, -0.1) is 0 Å². The molecule has 0 aliphatic carbocycles. The Morgan fingerprint density at radius 1 is 0.333 bits per heavy atom. The Kier molecular flexibility index (Phi) is 18.0. The average Bonchev–Trinajstić information content (AvgIpc) is 2.90. The van der Waals surface area contributed by atoms with Crippen molar-refractivity contribution in [1.29, 1.82) is 5.26 Å². The second-order valence-corrected chi connectivity index (χ2v) is 35.1. The summed E-state index contributed by atoms with van der Waals surface area (Å²) in [5, 5.41) is 13.8. The molecule has 0 heterocycles. The predicted molar refractivity (Wildman–Crippen MR) is 222 cm³/mol. The molecule has 0 fully saturated rings. The second kappa shape index (κ2) is 17.7. The number of thiocyanates is 1. The van der Waals surface area contributed by atoms with Gasteiger partial charge in [-0.25, -0.2) is 0 Å². The summed E-state index contributed by atoms with van der Waals surface area (Å²) >= 11 is 1.05. The fourth-order valence-electron chi connectivity index (χ4n) is 6.35. The van der Waals surface area contributed by atoms with Gasteiger partial charge in [0.25, 0.3) is 0 Å². The van der Waals surface area contributed by atoms with E-state index in [1.54, 1.807) is 0 Å². The van der Waals surface area contributed by atoms with E-state index in [4.69, 9.17) is 18.1 Å². The normalized spacial score (nSPS) is 15.4. The molecule has 0 aromatic rings. The van der Waals surface area contributed by atoms with Crippen molar-refractivity contribution in [3.8, 4) is 5.40 Å². The van der Waals surface area contributed by atoms with Gasteiger partial charge in [0.2, 0.25) is 0 Å². The van der Waals surface area contributed by atoms with Crippen molar-refractivity contribution in [2.45, 2.75) is 0 Å². The van der Waals surface area contributed by atoms with Crippen LogP contribution < -0.4 is 0 Å². The van der Waals surface area contributed by atoms with E-state index in [-0.39, 0.29) is 0 Å². The first-order chi connectivity index (χ1) is 21.5. The van der Waals surface area contributed by atoms with Crippen molar-refractivity contribution in [1.82, 2.24) is 56.0 Å². The van der Waals surface area contributed by atoms with Crippen molar-refractivity contribution in [2.24, 2.45) is 18.1 Å². The Bertz CT molecular complexity index is 1040. The third kappa shape index (κ3) is 8.73. The van der Waals surface area contributed by atoms with Gasteiger partial charge in [-0.3, -0.25) is 0 Å². The first-order valence-corrected chi connectivity index (χ1v) is 25.2. The maximum absolute atomic E-state index is 11.2. The molecule has 0 bridgehead atoms. The van der Waals surface area contributed by atoms with Gasteiger partial charge in [0.05, 0.1) is 0 Å². The Hall–Kier alpha value is 0.710. The Labute approximate surface area is 300 Å². The fraction of sp³-hybridized carbons (Fsp3) is 0.960. The summed E-state index contributed by atoms with van der Waals surface area (Å²) in [5.41, 5.74) is 0. The average molecular weight is 798 g/mol. The molecule has 17 nitrogen and oxygen atoms in total. The van der Waals surface area contributed by atoms with Crippen LogP contribution in [-0.2, 0) is 0 Å². The summed E-state index contributed by atoms with van der Waals surface area (Å²) < 4.78 is 50.6. The molecule has 0 aliphatic heterocycles. The van der Waals surface area contributed by atoms with E-state index in [1.807, 2.05) is 169 Å². The third-order valence-corrected chi connectivity index (χ3v) is 33.7. The molecule has 0 unspecified atom stereocenters. The summed E-state index contributed by atoms with van der Waals surface area (Å²) in [4.78, 5) is 0. The molecule has 0 N–H and O–H groups in total. The molecule has 288 valence electrons.